The lowest BCUT2D eigenvalue weighted by molar-refractivity contribution is -0.0437. The van der Waals surface area contributed by atoms with Gasteiger partial charge in [0.05, 0.1) is 19.3 Å². The molecule has 1 unspecified atom stereocenters. The number of hydrazine groups is 1. The topological polar surface area (TPSA) is 116 Å². The summed E-state index contributed by atoms with van der Waals surface area (Å²) in [7, 11) is 1.32. The first-order valence-electron chi connectivity index (χ1n) is 9.34. The van der Waals surface area contributed by atoms with Crippen molar-refractivity contribution in [1.82, 2.24) is 9.99 Å². The Hall–Kier alpha value is -3.10. The van der Waals surface area contributed by atoms with E-state index in [1.807, 2.05) is 25.1 Å². The monoisotopic (exact) mass is 399 g/mol. The van der Waals surface area contributed by atoms with Gasteiger partial charge in [0.25, 0.3) is 0 Å². The Bertz CT molecular complexity index is 843. The molecule has 0 aliphatic carbocycles. The van der Waals surface area contributed by atoms with Crippen LogP contribution in [-0.2, 0) is 21.5 Å². The molecule has 0 amide bonds. The van der Waals surface area contributed by atoms with Gasteiger partial charge in [0.2, 0.25) is 0 Å². The van der Waals surface area contributed by atoms with E-state index in [1.54, 1.807) is 18.3 Å². The lowest BCUT2D eigenvalue weighted by Crippen LogP contribution is -2.43. The highest BCUT2D eigenvalue weighted by atomic mass is 16.5. The van der Waals surface area contributed by atoms with Gasteiger partial charge in [-0.15, -0.1) is 0 Å². The van der Waals surface area contributed by atoms with Crippen molar-refractivity contribution in [3.8, 4) is 0 Å². The number of rotatable bonds is 10. The minimum Gasteiger partial charge on any atom is -0.464 e. The maximum absolute atomic E-state index is 11.9. The van der Waals surface area contributed by atoms with E-state index in [0.29, 0.717) is 12.2 Å². The minimum absolute atomic E-state index is 0.129. The molecule has 0 aliphatic rings. The Kier molecular flexibility index (Phi) is 7.99. The quantitative estimate of drug-likeness (QED) is 0.241. The number of hydrogen-bond acceptors (Lipinski definition) is 8. The third kappa shape index (κ3) is 5.69. The van der Waals surface area contributed by atoms with Crippen molar-refractivity contribution in [3.63, 3.8) is 0 Å². The van der Waals surface area contributed by atoms with Gasteiger partial charge in [-0.05, 0) is 36.6 Å². The fourth-order valence-corrected chi connectivity index (χ4v) is 3.15. The molecule has 1 atom stereocenters. The van der Waals surface area contributed by atoms with Crippen molar-refractivity contribution in [2.24, 2.45) is 11.6 Å². The van der Waals surface area contributed by atoms with E-state index in [0.717, 1.165) is 17.5 Å². The Morgan fingerprint density at radius 2 is 2.07 bits per heavy atom. The third-order valence-corrected chi connectivity index (χ3v) is 4.57. The second-order valence-corrected chi connectivity index (χ2v) is 6.61. The number of carbonyl (C=O) groups is 1. The zero-order valence-corrected chi connectivity index (χ0v) is 17.1. The smallest absolute Gasteiger partial charge is 0.358 e. The van der Waals surface area contributed by atoms with Crippen molar-refractivity contribution in [3.05, 3.63) is 71.8 Å². The second kappa shape index (κ2) is 10.4. The van der Waals surface area contributed by atoms with E-state index >= 15 is 0 Å². The summed E-state index contributed by atoms with van der Waals surface area (Å²) in [6.07, 6.45) is 5.35. The average Bonchev–Trinajstić information content (AvgIpc) is 2.73. The van der Waals surface area contributed by atoms with Gasteiger partial charge in [0, 0.05) is 18.6 Å². The van der Waals surface area contributed by atoms with Gasteiger partial charge in [0.15, 0.2) is 5.69 Å². The maximum Gasteiger partial charge on any atom is 0.358 e. The summed E-state index contributed by atoms with van der Waals surface area (Å²) in [5.41, 5.74) is 7.65. The standard InChI is InChI=1S/C21H29N5O3/c1-4-16-8-5-6-9-17(16)21(2,14-26(23)13-11-22)29-15-25-18-10-7-12-24-19(18)20(27)28-3/h5-13,25H,4,14-15,22-23H2,1-3H3. The number of nitrogens with one attached hydrogen (secondary N) is 1. The number of carbonyl (C=O) groups excluding carboxylic acids is 1. The third-order valence-electron chi connectivity index (χ3n) is 4.57. The molecule has 0 aliphatic heterocycles. The highest BCUT2D eigenvalue weighted by molar-refractivity contribution is 5.93. The highest BCUT2D eigenvalue weighted by Crippen LogP contribution is 2.30. The number of esters is 1. The average molecular weight is 399 g/mol. The van der Waals surface area contributed by atoms with E-state index in [2.05, 4.69) is 23.3 Å². The van der Waals surface area contributed by atoms with Crippen LogP contribution in [0.25, 0.3) is 0 Å². The van der Waals surface area contributed by atoms with Crippen LogP contribution < -0.4 is 16.9 Å². The molecule has 0 saturated heterocycles. The first-order valence-corrected chi connectivity index (χ1v) is 9.34. The van der Waals surface area contributed by atoms with Gasteiger partial charge in [-0.1, -0.05) is 31.2 Å². The van der Waals surface area contributed by atoms with Crippen LogP contribution >= 0.6 is 0 Å². The lowest BCUT2D eigenvalue weighted by atomic mass is 9.90. The van der Waals surface area contributed by atoms with Gasteiger partial charge in [-0.3, -0.25) is 0 Å². The molecule has 2 aromatic rings. The van der Waals surface area contributed by atoms with E-state index in [1.165, 1.54) is 24.5 Å². The molecule has 5 N–H and O–H groups in total. The minimum atomic E-state index is -0.735. The molecule has 1 aromatic heterocycles. The van der Waals surface area contributed by atoms with Crippen LogP contribution in [0.5, 0.6) is 0 Å². The second-order valence-electron chi connectivity index (χ2n) is 6.61. The van der Waals surface area contributed by atoms with Crippen LogP contribution in [0.4, 0.5) is 5.69 Å². The summed E-state index contributed by atoms with van der Waals surface area (Å²) in [6.45, 7) is 4.56. The summed E-state index contributed by atoms with van der Waals surface area (Å²) in [5, 5.41) is 4.59. The highest BCUT2D eigenvalue weighted by Gasteiger charge is 2.31. The molecule has 29 heavy (non-hydrogen) atoms. The number of methoxy groups -OCH3 is 1. The molecule has 0 fully saturated rings. The Morgan fingerprint density at radius 3 is 2.76 bits per heavy atom. The molecular weight excluding hydrogens is 370 g/mol. The van der Waals surface area contributed by atoms with Crippen LogP contribution in [0.3, 0.4) is 0 Å². The molecule has 8 heteroatoms. The molecule has 156 valence electrons. The number of ether oxygens (including phenoxy) is 2. The molecule has 0 saturated carbocycles. The molecule has 0 spiro atoms. The SMILES string of the molecule is CCc1ccccc1C(C)(CN(N)C=CN)OCNc1cccnc1C(=O)OC. The van der Waals surface area contributed by atoms with Crippen molar-refractivity contribution >= 4 is 11.7 Å². The van der Waals surface area contributed by atoms with E-state index in [9.17, 15) is 4.79 Å². The zero-order chi connectivity index (χ0) is 21.3. The molecule has 8 nitrogen and oxygen atoms in total. The van der Waals surface area contributed by atoms with Crippen LogP contribution in [0, 0.1) is 0 Å². The van der Waals surface area contributed by atoms with Gasteiger partial charge < -0.3 is 25.5 Å². The Morgan fingerprint density at radius 1 is 1.31 bits per heavy atom. The first-order chi connectivity index (χ1) is 13.9. The van der Waals surface area contributed by atoms with Crippen molar-refractivity contribution < 1.29 is 14.3 Å². The van der Waals surface area contributed by atoms with Crippen LogP contribution in [0.2, 0.25) is 0 Å². The normalized spacial score (nSPS) is 13.1. The lowest BCUT2D eigenvalue weighted by Gasteiger charge is -2.35. The van der Waals surface area contributed by atoms with E-state index in [4.69, 9.17) is 21.1 Å². The Balaban J connectivity index is 2.24. The molecule has 1 aromatic carbocycles. The summed E-state index contributed by atoms with van der Waals surface area (Å²) >= 11 is 0. The molecular formula is C21H29N5O3. The van der Waals surface area contributed by atoms with Gasteiger partial charge in [0.1, 0.15) is 12.3 Å². The van der Waals surface area contributed by atoms with Gasteiger partial charge in [-0.25, -0.2) is 15.6 Å². The summed E-state index contributed by atoms with van der Waals surface area (Å²) < 4.78 is 11.0. The molecule has 2 rings (SSSR count). The summed E-state index contributed by atoms with van der Waals surface area (Å²) in [6, 6.07) is 11.5. The number of hydrogen-bond donors (Lipinski definition) is 3. The number of benzene rings is 1. The number of nitrogens with two attached hydrogens (primary N) is 2. The van der Waals surface area contributed by atoms with E-state index < -0.39 is 11.6 Å². The largest absolute Gasteiger partial charge is 0.464 e. The van der Waals surface area contributed by atoms with Crippen LogP contribution in [-0.4, -0.2) is 36.3 Å². The maximum atomic E-state index is 11.9. The predicted molar refractivity (Wildman–Crippen MR) is 113 cm³/mol. The molecule has 1 heterocycles. The van der Waals surface area contributed by atoms with Gasteiger partial charge >= 0.3 is 5.97 Å². The van der Waals surface area contributed by atoms with Crippen molar-refractivity contribution in [2.75, 3.05) is 25.7 Å². The number of aryl methyl sites for hydroxylation is 1. The van der Waals surface area contributed by atoms with Crippen LogP contribution in [0.15, 0.2) is 55.0 Å². The first kappa shape index (κ1) is 22.2. The van der Waals surface area contributed by atoms with Gasteiger partial charge in [-0.2, -0.15) is 0 Å². The van der Waals surface area contributed by atoms with Crippen molar-refractivity contribution in [2.45, 2.75) is 25.9 Å². The zero-order valence-electron chi connectivity index (χ0n) is 17.1. The predicted octanol–water partition coefficient (Wildman–Crippen LogP) is 2.34. The number of nitrogens with zero attached hydrogens (tertiary/aromatic N) is 2. The van der Waals surface area contributed by atoms with E-state index in [-0.39, 0.29) is 12.4 Å². The fourth-order valence-electron chi connectivity index (χ4n) is 3.15. The molecule has 0 bridgehead atoms. The van der Waals surface area contributed by atoms with Crippen LogP contribution in [0.1, 0.15) is 35.5 Å². The summed E-state index contributed by atoms with van der Waals surface area (Å²) in [5.74, 6) is 5.54. The Labute approximate surface area is 171 Å². The fraction of sp³-hybridized carbons (Fsp3) is 0.333. The van der Waals surface area contributed by atoms with Crippen molar-refractivity contribution in [1.29, 1.82) is 0 Å². The molecule has 0 radical (unpaired) electrons. The number of pyridine rings is 1. The summed E-state index contributed by atoms with van der Waals surface area (Å²) in [4.78, 5) is 16.0. The number of aromatic nitrogens is 1. The number of anilines is 1.